The first-order valence-corrected chi connectivity index (χ1v) is 12.2. The summed E-state index contributed by atoms with van der Waals surface area (Å²) in [4.78, 5) is 36.8. The van der Waals surface area contributed by atoms with Gasteiger partial charge >= 0.3 is 5.97 Å². The van der Waals surface area contributed by atoms with Crippen molar-refractivity contribution in [3.63, 3.8) is 0 Å². The summed E-state index contributed by atoms with van der Waals surface area (Å²) in [5.74, 6) is -1.23. The maximum atomic E-state index is 12.5. The standard InChI is InChI=1S/C29H37NO6/c1-5-6-7-13-27(32)30-29(34)26-19-22(4)18-25-17-21(3)16-24(35-25)12-9-11-23(31)15-20(2)10-8-14-28(33)36-26/h5-11,13-14,18,24-26,29,34H,3,12,15-17,19H2,1-2,4H3,(H,30,32)/b6-5+,11-9+,13-7-,14-8+,20-10-,22-18+/t24-,25-,26+,29-/m0/s1. The van der Waals surface area contributed by atoms with E-state index in [4.69, 9.17) is 9.47 Å². The van der Waals surface area contributed by atoms with E-state index in [0.29, 0.717) is 12.8 Å². The van der Waals surface area contributed by atoms with Gasteiger partial charge < -0.3 is 19.9 Å². The van der Waals surface area contributed by atoms with Gasteiger partial charge in [-0.15, -0.1) is 0 Å². The highest BCUT2D eigenvalue weighted by molar-refractivity contribution is 5.91. The average Bonchev–Trinajstić information content (AvgIpc) is 2.77. The molecule has 0 aromatic heterocycles. The number of aliphatic hydroxyl groups excluding tert-OH is 1. The minimum Gasteiger partial charge on any atom is -0.454 e. The Morgan fingerprint density at radius 2 is 1.94 bits per heavy atom. The summed E-state index contributed by atoms with van der Waals surface area (Å²) in [5.41, 5.74) is 2.67. The molecule has 7 heteroatoms. The molecule has 36 heavy (non-hydrogen) atoms. The Hall–Kier alpha value is -3.29. The van der Waals surface area contributed by atoms with E-state index in [1.807, 2.05) is 26.0 Å². The van der Waals surface area contributed by atoms with Crippen molar-refractivity contribution in [1.29, 1.82) is 0 Å². The fourth-order valence-electron chi connectivity index (χ4n) is 3.96. The zero-order chi connectivity index (χ0) is 26.5. The van der Waals surface area contributed by atoms with E-state index in [1.54, 1.807) is 37.3 Å². The van der Waals surface area contributed by atoms with E-state index in [1.165, 1.54) is 18.2 Å². The number of allylic oxidation sites excluding steroid dienone is 7. The molecule has 2 heterocycles. The SMILES string of the molecule is C=C1C[C@@H]2C/C=C/C(=O)C/C(C)=C\C=C\C(=O)O[C@@H]([C@H](O)NC(=O)/C=C\C=C\C)C/C(C)=C/[C@H](C1)O2. The molecule has 2 rings (SSSR count). The number of fused-ring (bicyclic) bond motifs is 2. The normalized spacial score (nSPS) is 30.3. The lowest BCUT2D eigenvalue weighted by Gasteiger charge is -2.30. The van der Waals surface area contributed by atoms with E-state index in [2.05, 4.69) is 11.9 Å². The number of rotatable bonds is 4. The summed E-state index contributed by atoms with van der Waals surface area (Å²) in [6.07, 6.45) is 15.6. The Labute approximate surface area is 213 Å². The van der Waals surface area contributed by atoms with Gasteiger partial charge in [-0.1, -0.05) is 65.8 Å². The molecule has 0 unspecified atom stereocenters. The minimum atomic E-state index is -1.42. The molecule has 2 N–H and O–H groups in total. The lowest BCUT2D eigenvalue weighted by Crippen LogP contribution is -2.44. The topological polar surface area (TPSA) is 102 Å². The Morgan fingerprint density at radius 1 is 1.17 bits per heavy atom. The zero-order valence-corrected chi connectivity index (χ0v) is 21.3. The number of nitrogens with one attached hydrogen (secondary N) is 1. The molecule has 1 fully saturated rings. The molecule has 0 radical (unpaired) electrons. The molecular weight excluding hydrogens is 458 g/mol. The van der Waals surface area contributed by atoms with Crippen LogP contribution in [0.5, 0.6) is 0 Å². The molecule has 0 aliphatic carbocycles. The number of cyclic esters (lactones) is 1. The van der Waals surface area contributed by atoms with Gasteiger partial charge in [0, 0.05) is 25.0 Å². The van der Waals surface area contributed by atoms with Gasteiger partial charge in [0.15, 0.2) is 18.1 Å². The largest absolute Gasteiger partial charge is 0.454 e. The summed E-state index contributed by atoms with van der Waals surface area (Å²) in [6, 6.07) is 0. The number of ketones is 1. The fourth-order valence-corrected chi connectivity index (χ4v) is 3.96. The lowest BCUT2D eigenvalue weighted by atomic mass is 9.95. The Balaban J connectivity index is 2.28. The van der Waals surface area contributed by atoms with Crippen molar-refractivity contribution < 1.29 is 29.0 Å². The maximum Gasteiger partial charge on any atom is 0.331 e. The number of carbonyl (C=O) groups excluding carboxylic acids is 3. The third-order valence-corrected chi connectivity index (χ3v) is 5.60. The van der Waals surface area contributed by atoms with Crippen molar-refractivity contribution in [3.05, 3.63) is 84.1 Å². The van der Waals surface area contributed by atoms with Crippen LogP contribution < -0.4 is 5.32 Å². The predicted molar refractivity (Wildman–Crippen MR) is 140 cm³/mol. The second-order valence-electron chi connectivity index (χ2n) is 9.14. The molecule has 2 aliphatic rings. The van der Waals surface area contributed by atoms with Gasteiger partial charge in [0.25, 0.3) is 0 Å². The van der Waals surface area contributed by atoms with E-state index >= 15 is 0 Å². The highest BCUT2D eigenvalue weighted by Crippen LogP contribution is 2.27. The Bertz CT molecular complexity index is 997. The molecule has 2 bridgehead atoms. The van der Waals surface area contributed by atoms with Crippen LogP contribution in [-0.4, -0.2) is 47.3 Å². The monoisotopic (exact) mass is 495 g/mol. The maximum absolute atomic E-state index is 12.5. The lowest BCUT2D eigenvalue weighted by molar-refractivity contribution is -0.151. The summed E-state index contributed by atoms with van der Waals surface area (Å²) in [6.45, 7) is 9.61. The van der Waals surface area contributed by atoms with E-state index in [-0.39, 0.29) is 30.8 Å². The molecule has 0 aromatic rings. The third kappa shape index (κ3) is 11.0. The van der Waals surface area contributed by atoms with Gasteiger partial charge in [-0.25, -0.2) is 4.79 Å². The predicted octanol–water partition coefficient (Wildman–Crippen LogP) is 4.33. The van der Waals surface area contributed by atoms with Crippen LogP contribution in [0.25, 0.3) is 0 Å². The van der Waals surface area contributed by atoms with Crippen LogP contribution in [-0.2, 0) is 23.9 Å². The second-order valence-corrected chi connectivity index (χ2v) is 9.14. The van der Waals surface area contributed by atoms with Crippen LogP contribution in [0.15, 0.2) is 84.1 Å². The van der Waals surface area contributed by atoms with Crippen molar-refractivity contribution in [2.75, 3.05) is 0 Å². The number of aliphatic hydroxyl groups is 1. The van der Waals surface area contributed by atoms with E-state index in [9.17, 15) is 19.5 Å². The van der Waals surface area contributed by atoms with Crippen LogP contribution in [0.3, 0.4) is 0 Å². The summed E-state index contributed by atoms with van der Waals surface area (Å²) >= 11 is 0. The van der Waals surface area contributed by atoms with Crippen molar-refractivity contribution >= 4 is 17.7 Å². The number of hydrogen-bond donors (Lipinski definition) is 2. The quantitative estimate of drug-likeness (QED) is 0.198. The Morgan fingerprint density at radius 3 is 2.69 bits per heavy atom. The number of esters is 1. The van der Waals surface area contributed by atoms with Gasteiger partial charge in [-0.3, -0.25) is 9.59 Å². The summed E-state index contributed by atoms with van der Waals surface area (Å²) in [5, 5.41) is 13.1. The number of amides is 1. The van der Waals surface area contributed by atoms with Gasteiger partial charge in [-0.05, 0) is 46.1 Å². The van der Waals surface area contributed by atoms with E-state index in [0.717, 1.165) is 23.1 Å². The van der Waals surface area contributed by atoms with Gasteiger partial charge in [0.1, 0.15) is 0 Å². The molecule has 1 amide bonds. The molecule has 4 atom stereocenters. The number of hydrogen-bond acceptors (Lipinski definition) is 6. The average molecular weight is 496 g/mol. The molecule has 194 valence electrons. The second kappa shape index (κ2) is 15.0. The molecule has 7 nitrogen and oxygen atoms in total. The van der Waals surface area contributed by atoms with Crippen molar-refractivity contribution in [1.82, 2.24) is 5.32 Å². The fraction of sp³-hybridized carbons (Fsp3) is 0.414. The first-order valence-electron chi connectivity index (χ1n) is 12.2. The highest BCUT2D eigenvalue weighted by Gasteiger charge is 2.26. The van der Waals surface area contributed by atoms with Crippen LogP contribution >= 0.6 is 0 Å². The van der Waals surface area contributed by atoms with Crippen LogP contribution in [0.2, 0.25) is 0 Å². The summed E-state index contributed by atoms with van der Waals surface area (Å²) < 4.78 is 11.7. The van der Waals surface area contributed by atoms with Crippen molar-refractivity contribution in [2.45, 2.75) is 77.4 Å². The molecule has 2 aliphatic heterocycles. The Kier molecular flexibility index (Phi) is 12.0. The first kappa shape index (κ1) is 28.9. The van der Waals surface area contributed by atoms with Gasteiger partial charge in [0.2, 0.25) is 5.91 Å². The zero-order valence-electron chi connectivity index (χ0n) is 21.3. The molecule has 0 saturated carbocycles. The molecule has 0 aromatic carbocycles. The molecule has 0 spiro atoms. The number of ether oxygens (including phenoxy) is 2. The van der Waals surface area contributed by atoms with E-state index < -0.39 is 24.2 Å². The van der Waals surface area contributed by atoms with Gasteiger partial charge in [-0.2, -0.15) is 0 Å². The van der Waals surface area contributed by atoms with Crippen LogP contribution in [0, 0.1) is 0 Å². The minimum absolute atomic E-state index is 0.0369. The third-order valence-electron chi connectivity index (χ3n) is 5.60. The van der Waals surface area contributed by atoms with Gasteiger partial charge in [0.05, 0.1) is 12.2 Å². The molecule has 1 saturated heterocycles. The smallest absolute Gasteiger partial charge is 0.331 e. The molecular formula is C29H37NO6. The highest BCUT2D eigenvalue weighted by atomic mass is 16.6. The van der Waals surface area contributed by atoms with Crippen molar-refractivity contribution in [3.8, 4) is 0 Å². The summed E-state index contributed by atoms with van der Waals surface area (Å²) in [7, 11) is 0. The number of carbonyl (C=O) groups is 3. The van der Waals surface area contributed by atoms with Crippen LogP contribution in [0.4, 0.5) is 0 Å². The first-order chi connectivity index (χ1) is 17.2. The van der Waals surface area contributed by atoms with Crippen molar-refractivity contribution in [2.24, 2.45) is 0 Å². The van der Waals surface area contributed by atoms with Crippen LogP contribution in [0.1, 0.15) is 52.9 Å².